The minimum Gasteiger partial charge on any atom is -0.468 e. The van der Waals surface area contributed by atoms with Crippen LogP contribution in [-0.4, -0.2) is 56.2 Å². The smallest absolute Gasteiger partial charge is 0.316 e. The Labute approximate surface area is 177 Å². The van der Waals surface area contributed by atoms with Crippen LogP contribution >= 0.6 is 23.1 Å². The van der Waals surface area contributed by atoms with Gasteiger partial charge in [-0.05, 0) is 25.5 Å². The van der Waals surface area contributed by atoms with E-state index in [-0.39, 0.29) is 30.6 Å². The number of esters is 1. The summed E-state index contributed by atoms with van der Waals surface area (Å²) in [5, 5.41) is 10.7. The summed E-state index contributed by atoms with van der Waals surface area (Å²) < 4.78 is 30.6. The van der Waals surface area contributed by atoms with E-state index in [0.717, 1.165) is 23.2 Å². The summed E-state index contributed by atoms with van der Waals surface area (Å²) in [7, 11) is -2.16. The molecule has 0 bridgehead atoms. The largest absolute Gasteiger partial charge is 0.468 e. The molecule has 29 heavy (non-hydrogen) atoms. The molecule has 0 atom stereocenters. The molecular weight excluding hydrogens is 436 g/mol. The molecule has 0 unspecified atom stereocenters. The maximum Gasteiger partial charge on any atom is 0.316 e. The van der Waals surface area contributed by atoms with Crippen LogP contribution in [0.3, 0.4) is 0 Å². The number of thioether (sulfide) groups is 1. The van der Waals surface area contributed by atoms with Crippen LogP contribution in [0.2, 0.25) is 0 Å². The number of nitrogens with zero attached hydrogens (tertiary/aromatic N) is 3. The van der Waals surface area contributed by atoms with Gasteiger partial charge in [0.15, 0.2) is 4.34 Å². The van der Waals surface area contributed by atoms with Crippen molar-refractivity contribution in [3.8, 4) is 0 Å². The molecule has 1 aromatic heterocycles. The number of sulfonamides is 1. The van der Waals surface area contributed by atoms with Crippen molar-refractivity contribution < 1.29 is 22.7 Å². The zero-order chi connectivity index (χ0) is 21.4. The zero-order valence-corrected chi connectivity index (χ0v) is 18.7. The molecule has 0 saturated heterocycles. The summed E-state index contributed by atoms with van der Waals surface area (Å²) in [6, 6.07) is 7.16. The Bertz CT molecular complexity index is 944. The lowest BCUT2D eigenvalue weighted by atomic mass is 10.2. The molecule has 0 saturated carbocycles. The van der Waals surface area contributed by atoms with E-state index in [2.05, 4.69) is 20.3 Å². The van der Waals surface area contributed by atoms with E-state index in [1.165, 1.54) is 23.2 Å². The van der Waals surface area contributed by atoms with Crippen LogP contribution in [0.5, 0.6) is 0 Å². The molecule has 0 aliphatic rings. The van der Waals surface area contributed by atoms with Gasteiger partial charge in [-0.1, -0.05) is 40.8 Å². The normalized spacial score (nSPS) is 11.1. The number of carbonyl (C=O) groups is 2. The van der Waals surface area contributed by atoms with Crippen molar-refractivity contribution >= 4 is 55.8 Å². The lowest BCUT2D eigenvalue weighted by molar-refractivity contribution is -0.137. The minimum absolute atomic E-state index is 0.111. The van der Waals surface area contributed by atoms with Gasteiger partial charge in [-0.2, -0.15) is 0 Å². The van der Waals surface area contributed by atoms with Gasteiger partial charge < -0.3 is 10.1 Å². The summed E-state index contributed by atoms with van der Waals surface area (Å²) in [4.78, 5) is 23.3. The zero-order valence-electron chi connectivity index (χ0n) is 16.2. The number of hydrogen-bond acceptors (Lipinski definition) is 9. The number of nitrogens with one attached hydrogen (secondary N) is 1. The highest BCUT2D eigenvalue weighted by Gasteiger charge is 2.18. The van der Waals surface area contributed by atoms with Gasteiger partial charge in [0.05, 0.1) is 24.8 Å². The monoisotopic (exact) mass is 458 g/mol. The summed E-state index contributed by atoms with van der Waals surface area (Å²) >= 11 is 2.32. The summed E-state index contributed by atoms with van der Waals surface area (Å²) in [5.74, 6) is -0.554. The van der Waals surface area contributed by atoms with E-state index in [1.54, 1.807) is 12.1 Å². The second kappa shape index (κ2) is 10.6. The van der Waals surface area contributed by atoms with Crippen molar-refractivity contribution in [1.29, 1.82) is 0 Å². The van der Waals surface area contributed by atoms with Gasteiger partial charge in [0.1, 0.15) is 0 Å². The molecule has 158 valence electrons. The first-order valence-corrected chi connectivity index (χ1v) is 12.2. The van der Waals surface area contributed by atoms with Crippen LogP contribution in [0, 0.1) is 6.92 Å². The molecule has 0 radical (unpaired) electrons. The van der Waals surface area contributed by atoms with E-state index in [4.69, 9.17) is 0 Å². The van der Waals surface area contributed by atoms with Gasteiger partial charge >= 0.3 is 5.97 Å². The van der Waals surface area contributed by atoms with Gasteiger partial charge in [-0.25, -0.2) is 8.42 Å². The predicted octanol–water partition coefficient (Wildman–Crippen LogP) is 2.30. The topological polar surface area (TPSA) is 119 Å². The molecule has 2 aromatic rings. The summed E-state index contributed by atoms with van der Waals surface area (Å²) in [5.41, 5.74) is 1.60. The number of carbonyl (C=O) groups excluding carboxylic acids is 2. The highest BCUT2D eigenvalue weighted by atomic mass is 32.2. The van der Waals surface area contributed by atoms with E-state index >= 15 is 0 Å². The summed E-state index contributed by atoms with van der Waals surface area (Å²) in [6.07, 6.45) is 1.61. The molecule has 0 fully saturated rings. The summed E-state index contributed by atoms with van der Waals surface area (Å²) in [6.45, 7) is 2.11. The van der Waals surface area contributed by atoms with E-state index in [9.17, 15) is 18.0 Å². The standard InChI is InChI=1S/C17H22N4O5S3/c1-12-6-8-13(9-7-12)21(29(3,24)25)10-4-5-14(22)18-16-19-20-17(28-16)27-11-15(23)26-2/h6-9H,4-5,10-11H2,1-3H3,(H,18,19,22). The number of methoxy groups -OCH3 is 1. The van der Waals surface area contributed by atoms with Crippen molar-refractivity contribution in [3.05, 3.63) is 29.8 Å². The number of amides is 1. The third-order valence-electron chi connectivity index (χ3n) is 3.68. The molecule has 1 N–H and O–H groups in total. The number of aryl methyl sites for hydroxylation is 1. The Morgan fingerprint density at radius 2 is 1.93 bits per heavy atom. The second-order valence-corrected chi connectivity index (χ2v) is 10.2. The minimum atomic E-state index is -3.46. The number of aromatic nitrogens is 2. The molecule has 2 rings (SSSR count). The van der Waals surface area contributed by atoms with Gasteiger partial charge in [0.2, 0.25) is 21.1 Å². The Kier molecular flexibility index (Phi) is 8.41. The lowest BCUT2D eigenvalue weighted by Gasteiger charge is -2.22. The first-order chi connectivity index (χ1) is 13.7. The van der Waals surface area contributed by atoms with Crippen LogP contribution in [-0.2, 0) is 24.3 Å². The second-order valence-electron chi connectivity index (χ2n) is 6.06. The average molecular weight is 459 g/mol. The molecular formula is C17H22N4O5S3. The van der Waals surface area contributed by atoms with Crippen LogP contribution < -0.4 is 9.62 Å². The number of ether oxygens (including phenoxy) is 1. The van der Waals surface area contributed by atoms with E-state index < -0.39 is 10.0 Å². The molecule has 1 aromatic carbocycles. The molecule has 1 amide bonds. The highest BCUT2D eigenvalue weighted by molar-refractivity contribution is 8.01. The number of anilines is 2. The van der Waals surface area contributed by atoms with Gasteiger partial charge in [-0.15, -0.1) is 10.2 Å². The molecule has 9 nitrogen and oxygen atoms in total. The fourth-order valence-corrected chi connectivity index (χ4v) is 4.83. The van der Waals surface area contributed by atoms with Crippen molar-refractivity contribution in [2.75, 3.05) is 35.3 Å². The SMILES string of the molecule is COC(=O)CSc1nnc(NC(=O)CCCN(c2ccc(C)cc2)S(C)(=O)=O)s1. The number of rotatable bonds is 10. The first kappa shape index (κ1) is 23.1. The Morgan fingerprint density at radius 1 is 1.24 bits per heavy atom. The quantitative estimate of drug-likeness (QED) is 0.327. The third-order valence-corrected chi connectivity index (χ3v) is 6.82. The van der Waals surface area contributed by atoms with Crippen molar-refractivity contribution in [2.24, 2.45) is 0 Å². The van der Waals surface area contributed by atoms with Crippen molar-refractivity contribution in [1.82, 2.24) is 10.2 Å². The predicted molar refractivity (Wildman–Crippen MR) is 114 cm³/mol. The fraction of sp³-hybridized carbons (Fsp3) is 0.412. The first-order valence-electron chi connectivity index (χ1n) is 8.56. The molecule has 0 aliphatic heterocycles. The fourth-order valence-electron chi connectivity index (χ4n) is 2.26. The van der Waals surface area contributed by atoms with E-state index in [0.29, 0.717) is 21.6 Å². The van der Waals surface area contributed by atoms with E-state index in [1.807, 2.05) is 19.1 Å². The number of hydrogen-bond donors (Lipinski definition) is 1. The maximum atomic E-state index is 12.1. The van der Waals surface area contributed by atoms with Crippen molar-refractivity contribution in [3.63, 3.8) is 0 Å². The highest BCUT2D eigenvalue weighted by Crippen LogP contribution is 2.25. The molecule has 1 heterocycles. The molecule has 12 heteroatoms. The van der Waals surface area contributed by atoms with Crippen LogP contribution in [0.1, 0.15) is 18.4 Å². The lowest BCUT2D eigenvalue weighted by Crippen LogP contribution is -2.31. The Balaban J connectivity index is 1.85. The Hall–Kier alpha value is -2.18. The van der Waals surface area contributed by atoms with Crippen LogP contribution in [0.25, 0.3) is 0 Å². The van der Waals surface area contributed by atoms with Crippen LogP contribution in [0.4, 0.5) is 10.8 Å². The average Bonchev–Trinajstić information content (AvgIpc) is 3.10. The van der Waals surface area contributed by atoms with Crippen molar-refractivity contribution in [2.45, 2.75) is 24.1 Å². The molecule has 0 spiro atoms. The maximum absolute atomic E-state index is 12.1. The third kappa shape index (κ3) is 7.63. The van der Waals surface area contributed by atoms with Gasteiger partial charge in [0, 0.05) is 13.0 Å². The van der Waals surface area contributed by atoms with Gasteiger partial charge in [0.25, 0.3) is 0 Å². The van der Waals surface area contributed by atoms with Crippen LogP contribution in [0.15, 0.2) is 28.6 Å². The Morgan fingerprint density at radius 3 is 2.55 bits per heavy atom. The van der Waals surface area contributed by atoms with Gasteiger partial charge in [-0.3, -0.25) is 13.9 Å². The molecule has 0 aliphatic carbocycles. The number of benzene rings is 1.